The highest BCUT2D eigenvalue weighted by Gasteiger charge is 2.22. The van der Waals surface area contributed by atoms with E-state index in [-0.39, 0.29) is 11.4 Å². The van der Waals surface area contributed by atoms with Gasteiger partial charge in [-0.1, -0.05) is 18.5 Å². The lowest BCUT2D eigenvalue weighted by atomic mass is 10.1. The lowest BCUT2D eigenvalue weighted by molar-refractivity contribution is 0.102. The van der Waals surface area contributed by atoms with E-state index in [1.807, 2.05) is 47.6 Å². The number of nitrogens with one attached hydrogen (secondary N) is 1. The topological polar surface area (TPSA) is 65.4 Å². The van der Waals surface area contributed by atoms with Gasteiger partial charge in [0, 0.05) is 11.6 Å². The average molecular weight is 394 g/mol. The van der Waals surface area contributed by atoms with E-state index >= 15 is 0 Å². The number of hydrogen-bond acceptors (Lipinski definition) is 4. The summed E-state index contributed by atoms with van der Waals surface area (Å²) in [5.41, 5.74) is 0.964. The Hall–Kier alpha value is -2.21. The van der Waals surface area contributed by atoms with Gasteiger partial charge in [0.15, 0.2) is 11.5 Å². The minimum absolute atomic E-state index is 0.261. The molecule has 148 valence electrons. The summed E-state index contributed by atoms with van der Waals surface area (Å²) in [5, 5.41) is 7.74. The zero-order chi connectivity index (χ0) is 20.2. The van der Waals surface area contributed by atoms with E-state index in [4.69, 9.17) is 21.1 Å². The SMILES string of the molecule is CCCOc1c(Cl)cc(C(=O)Nc2cc(C)nn2C(C)(C)C)cc1OCC. The van der Waals surface area contributed by atoms with Gasteiger partial charge in [-0.15, -0.1) is 0 Å². The smallest absolute Gasteiger partial charge is 0.257 e. The highest BCUT2D eigenvalue weighted by Crippen LogP contribution is 2.37. The fourth-order valence-corrected chi connectivity index (χ4v) is 2.86. The largest absolute Gasteiger partial charge is 0.490 e. The number of rotatable bonds is 7. The number of amides is 1. The van der Waals surface area contributed by atoms with Gasteiger partial charge >= 0.3 is 0 Å². The van der Waals surface area contributed by atoms with Crippen LogP contribution < -0.4 is 14.8 Å². The molecule has 0 radical (unpaired) electrons. The van der Waals surface area contributed by atoms with Crippen LogP contribution in [0.5, 0.6) is 11.5 Å². The van der Waals surface area contributed by atoms with Crippen LogP contribution in [0.15, 0.2) is 18.2 Å². The van der Waals surface area contributed by atoms with Crippen molar-refractivity contribution in [2.24, 2.45) is 0 Å². The number of aryl methyl sites for hydroxylation is 1. The van der Waals surface area contributed by atoms with E-state index in [0.29, 0.717) is 41.1 Å². The molecule has 2 rings (SSSR count). The molecule has 6 nitrogen and oxygen atoms in total. The first kappa shape index (κ1) is 21.1. The molecule has 0 aliphatic rings. The number of aromatic nitrogens is 2. The molecule has 0 bridgehead atoms. The molecule has 1 amide bonds. The Labute approximate surface area is 165 Å². The quantitative estimate of drug-likeness (QED) is 0.715. The van der Waals surface area contributed by atoms with Crippen molar-refractivity contribution >= 4 is 23.3 Å². The molecule has 7 heteroatoms. The van der Waals surface area contributed by atoms with Crippen LogP contribution in [0.25, 0.3) is 0 Å². The molecule has 0 spiro atoms. The summed E-state index contributed by atoms with van der Waals surface area (Å²) in [7, 11) is 0. The van der Waals surface area contributed by atoms with Crippen LogP contribution in [0.1, 0.15) is 57.1 Å². The highest BCUT2D eigenvalue weighted by atomic mass is 35.5. The average Bonchev–Trinajstić information content (AvgIpc) is 2.95. The van der Waals surface area contributed by atoms with E-state index in [1.54, 1.807) is 16.8 Å². The van der Waals surface area contributed by atoms with Gasteiger partial charge in [0.1, 0.15) is 5.82 Å². The van der Waals surface area contributed by atoms with Crippen LogP contribution in [-0.4, -0.2) is 28.9 Å². The Morgan fingerprint density at radius 2 is 1.93 bits per heavy atom. The Morgan fingerprint density at radius 1 is 1.22 bits per heavy atom. The summed E-state index contributed by atoms with van der Waals surface area (Å²) >= 11 is 6.36. The number of benzene rings is 1. The van der Waals surface area contributed by atoms with Gasteiger partial charge < -0.3 is 14.8 Å². The highest BCUT2D eigenvalue weighted by molar-refractivity contribution is 6.32. The van der Waals surface area contributed by atoms with E-state index in [0.717, 1.165) is 12.1 Å². The van der Waals surface area contributed by atoms with Gasteiger partial charge in [0.2, 0.25) is 0 Å². The summed E-state index contributed by atoms with van der Waals surface area (Å²) in [5.74, 6) is 1.27. The van der Waals surface area contributed by atoms with Gasteiger partial charge in [-0.25, -0.2) is 4.68 Å². The van der Waals surface area contributed by atoms with Gasteiger partial charge in [0.25, 0.3) is 5.91 Å². The van der Waals surface area contributed by atoms with E-state index in [2.05, 4.69) is 10.4 Å². The summed E-state index contributed by atoms with van der Waals surface area (Å²) in [6.07, 6.45) is 0.847. The fraction of sp³-hybridized carbons (Fsp3) is 0.500. The predicted octanol–water partition coefficient (Wildman–Crippen LogP) is 5.04. The monoisotopic (exact) mass is 393 g/mol. The molecule has 0 saturated carbocycles. The minimum atomic E-state index is -0.287. The first-order valence-corrected chi connectivity index (χ1v) is 9.52. The van der Waals surface area contributed by atoms with E-state index in [9.17, 15) is 4.79 Å². The molecule has 1 N–H and O–H groups in total. The van der Waals surface area contributed by atoms with Crippen molar-refractivity contribution in [1.82, 2.24) is 9.78 Å². The summed E-state index contributed by atoms with van der Waals surface area (Å²) < 4.78 is 13.1. The molecule has 1 aromatic heterocycles. The normalized spacial score (nSPS) is 11.4. The number of nitrogens with zero attached hydrogens (tertiary/aromatic N) is 2. The number of carbonyl (C=O) groups excluding carboxylic acids is 1. The van der Waals surface area contributed by atoms with Crippen LogP contribution in [0.3, 0.4) is 0 Å². The zero-order valence-electron chi connectivity index (χ0n) is 16.9. The van der Waals surface area contributed by atoms with Crippen LogP contribution in [-0.2, 0) is 5.54 Å². The Balaban J connectivity index is 2.34. The van der Waals surface area contributed by atoms with Crippen molar-refractivity contribution in [2.75, 3.05) is 18.5 Å². The summed E-state index contributed by atoms with van der Waals surface area (Å²) in [6.45, 7) is 12.8. The molecular weight excluding hydrogens is 366 g/mol. The van der Waals surface area contributed by atoms with Gasteiger partial charge in [-0.2, -0.15) is 5.10 Å². The molecule has 1 heterocycles. The molecular formula is C20H28ClN3O3. The molecule has 0 saturated heterocycles. The van der Waals surface area contributed by atoms with Crippen molar-refractivity contribution < 1.29 is 14.3 Å². The number of hydrogen-bond donors (Lipinski definition) is 1. The summed E-state index contributed by atoms with van der Waals surface area (Å²) in [6, 6.07) is 5.09. The van der Waals surface area contributed by atoms with Gasteiger partial charge in [-0.05, 0) is 53.2 Å². The standard InChI is InChI=1S/C20H28ClN3O3/c1-7-9-27-18-15(21)11-14(12-16(18)26-8-2)19(25)22-17-10-13(3)23-24(17)20(4,5)6/h10-12H,7-9H2,1-6H3,(H,22,25). The second-order valence-electron chi connectivity index (χ2n) is 7.27. The Morgan fingerprint density at radius 3 is 2.52 bits per heavy atom. The third-order valence-electron chi connectivity index (χ3n) is 3.73. The van der Waals surface area contributed by atoms with Crippen molar-refractivity contribution in [3.05, 3.63) is 34.5 Å². The Kier molecular flexibility index (Phi) is 6.76. The van der Waals surface area contributed by atoms with E-state index < -0.39 is 0 Å². The number of anilines is 1. The number of carbonyl (C=O) groups is 1. The maximum Gasteiger partial charge on any atom is 0.257 e. The van der Waals surface area contributed by atoms with Crippen LogP contribution in [0.2, 0.25) is 5.02 Å². The number of ether oxygens (including phenoxy) is 2. The maximum absolute atomic E-state index is 12.8. The third-order valence-corrected chi connectivity index (χ3v) is 4.01. The molecule has 0 aliphatic heterocycles. The Bertz CT molecular complexity index is 810. The predicted molar refractivity (Wildman–Crippen MR) is 108 cm³/mol. The third kappa shape index (κ3) is 5.16. The first-order chi connectivity index (χ1) is 12.7. The fourth-order valence-electron chi connectivity index (χ4n) is 2.59. The molecule has 0 unspecified atom stereocenters. The van der Waals surface area contributed by atoms with Crippen molar-refractivity contribution in [1.29, 1.82) is 0 Å². The maximum atomic E-state index is 12.8. The van der Waals surface area contributed by atoms with Crippen LogP contribution in [0, 0.1) is 6.92 Å². The van der Waals surface area contributed by atoms with Crippen molar-refractivity contribution in [3.8, 4) is 11.5 Å². The zero-order valence-corrected chi connectivity index (χ0v) is 17.6. The van der Waals surface area contributed by atoms with Gasteiger partial charge in [-0.3, -0.25) is 4.79 Å². The molecule has 0 fully saturated rings. The van der Waals surface area contributed by atoms with E-state index in [1.165, 1.54) is 0 Å². The molecule has 1 aromatic carbocycles. The van der Waals surface area contributed by atoms with Crippen LogP contribution >= 0.6 is 11.6 Å². The summed E-state index contributed by atoms with van der Waals surface area (Å²) in [4.78, 5) is 12.8. The molecule has 0 aliphatic carbocycles. The lowest BCUT2D eigenvalue weighted by Gasteiger charge is -2.22. The number of halogens is 1. The second kappa shape index (κ2) is 8.65. The molecule has 2 aromatic rings. The molecule has 27 heavy (non-hydrogen) atoms. The van der Waals surface area contributed by atoms with Crippen molar-refractivity contribution in [3.63, 3.8) is 0 Å². The second-order valence-corrected chi connectivity index (χ2v) is 7.68. The first-order valence-electron chi connectivity index (χ1n) is 9.15. The lowest BCUT2D eigenvalue weighted by Crippen LogP contribution is -2.26. The minimum Gasteiger partial charge on any atom is -0.490 e. The molecule has 0 atom stereocenters. The van der Waals surface area contributed by atoms with Gasteiger partial charge in [0.05, 0.1) is 29.5 Å². The van der Waals surface area contributed by atoms with Crippen LogP contribution in [0.4, 0.5) is 5.82 Å². The van der Waals surface area contributed by atoms with Crippen molar-refractivity contribution in [2.45, 2.75) is 53.5 Å².